The third-order valence-electron chi connectivity index (χ3n) is 3.81. The maximum atomic E-state index is 9.22. The fourth-order valence-corrected chi connectivity index (χ4v) is 2.52. The molecule has 0 spiro atoms. The van der Waals surface area contributed by atoms with E-state index in [0.29, 0.717) is 19.0 Å². The second-order valence-corrected chi connectivity index (χ2v) is 5.20. The van der Waals surface area contributed by atoms with Crippen LogP contribution in [0.2, 0.25) is 5.82 Å². The Morgan fingerprint density at radius 1 is 1.00 bits per heavy atom. The van der Waals surface area contributed by atoms with Gasteiger partial charge in [0.25, 0.3) is 0 Å². The minimum Gasteiger partial charge on any atom is -0.410 e. The van der Waals surface area contributed by atoms with Gasteiger partial charge in [-0.3, -0.25) is 0 Å². The summed E-state index contributed by atoms with van der Waals surface area (Å²) in [5.74, 6) is 0.504. The average molecular weight is 228 g/mol. The summed E-state index contributed by atoms with van der Waals surface area (Å²) in [7, 11) is -0.119. The summed E-state index contributed by atoms with van der Waals surface area (Å²) in [6.07, 6.45) is 6.20. The highest BCUT2D eigenvalue weighted by Gasteiger charge is 2.42. The summed E-state index contributed by atoms with van der Waals surface area (Å²) in [5, 5.41) is 18.4. The third kappa shape index (κ3) is 2.59. The Morgan fingerprint density at radius 3 is 2.06 bits per heavy atom. The summed E-state index contributed by atoms with van der Waals surface area (Å²) >= 11 is 0. The van der Waals surface area contributed by atoms with E-state index in [0.717, 1.165) is 0 Å². The van der Waals surface area contributed by atoms with Gasteiger partial charge in [0.15, 0.2) is 0 Å². The summed E-state index contributed by atoms with van der Waals surface area (Å²) in [5.41, 5.74) is -0.592. The maximum absolute atomic E-state index is 9.22. The molecule has 1 saturated carbocycles. The molecule has 0 radical (unpaired) electrons. The van der Waals surface area contributed by atoms with Gasteiger partial charge >= 0.3 is 7.12 Å². The van der Waals surface area contributed by atoms with E-state index in [1.165, 1.54) is 32.1 Å². The molecule has 0 amide bonds. The average Bonchev–Trinajstić information content (AvgIpc) is 2.40. The van der Waals surface area contributed by atoms with Crippen molar-refractivity contribution in [3.05, 3.63) is 0 Å². The second kappa shape index (κ2) is 5.49. The zero-order valence-electron chi connectivity index (χ0n) is 9.73. The van der Waals surface area contributed by atoms with Gasteiger partial charge in [-0.05, 0) is 5.82 Å². The number of aliphatic hydroxyl groups is 2. The molecule has 1 heterocycles. The van der Waals surface area contributed by atoms with Crippen LogP contribution >= 0.6 is 0 Å². The van der Waals surface area contributed by atoms with Crippen LogP contribution in [-0.4, -0.2) is 43.8 Å². The van der Waals surface area contributed by atoms with Crippen LogP contribution in [-0.2, 0) is 9.31 Å². The van der Waals surface area contributed by atoms with Crippen molar-refractivity contribution < 1.29 is 19.5 Å². The summed E-state index contributed by atoms with van der Waals surface area (Å²) in [4.78, 5) is 0. The van der Waals surface area contributed by atoms with Crippen molar-refractivity contribution in [2.45, 2.75) is 37.9 Å². The van der Waals surface area contributed by atoms with E-state index in [-0.39, 0.29) is 20.3 Å². The number of rotatable bonds is 3. The van der Waals surface area contributed by atoms with E-state index >= 15 is 0 Å². The maximum Gasteiger partial charge on any atom is 0.460 e. The first-order valence-corrected chi connectivity index (χ1v) is 6.25. The smallest absolute Gasteiger partial charge is 0.410 e. The molecule has 16 heavy (non-hydrogen) atoms. The van der Waals surface area contributed by atoms with Crippen molar-refractivity contribution in [3.8, 4) is 0 Å². The molecule has 2 rings (SSSR count). The van der Waals surface area contributed by atoms with Crippen molar-refractivity contribution in [1.29, 1.82) is 0 Å². The topological polar surface area (TPSA) is 58.9 Å². The van der Waals surface area contributed by atoms with Crippen molar-refractivity contribution in [3.63, 3.8) is 0 Å². The van der Waals surface area contributed by atoms with E-state index in [2.05, 4.69) is 0 Å². The van der Waals surface area contributed by atoms with Crippen LogP contribution in [0.3, 0.4) is 0 Å². The lowest BCUT2D eigenvalue weighted by Gasteiger charge is -2.39. The molecule has 0 aromatic heterocycles. The molecule has 5 heteroatoms. The van der Waals surface area contributed by atoms with Crippen molar-refractivity contribution >= 4 is 7.12 Å². The highest BCUT2D eigenvalue weighted by atomic mass is 16.6. The van der Waals surface area contributed by atoms with Gasteiger partial charge in [0.05, 0.1) is 18.6 Å². The lowest BCUT2D eigenvalue weighted by molar-refractivity contribution is -0.0639. The molecular weight excluding hydrogens is 207 g/mol. The number of aliphatic hydroxyl groups excluding tert-OH is 2. The van der Waals surface area contributed by atoms with Crippen molar-refractivity contribution in [1.82, 2.24) is 0 Å². The quantitative estimate of drug-likeness (QED) is 0.702. The summed E-state index contributed by atoms with van der Waals surface area (Å²) in [6.45, 7) is 0.643. The van der Waals surface area contributed by atoms with Crippen LogP contribution in [0.1, 0.15) is 32.1 Å². The molecule has 4 nitrogen and oxygen atoms in total. The Morgan fingerprint density at radius 2 is 1.56 bits per heavy atom. The van der Waals surface area contributed by atoms with Crippen molar-refractivity contribution in [2.24, 2.45) is 5.41 Å². The normalized spacial score (nSPS) is 27.0. The molecule has 0 bridgehead atoms. The highest BCUT2D eigenvalue weighted by Crippen LogP contribution is 2.35. The van der Waals surface area contributed by atoms with Crippen LogP contribution < -0.4 is 0 Å². The molecule has 0 aromatic carbocycles. The van der Waals surface area contributed by atoms with Gasteiger partial charge in [-0.2, -0.15) is 0 Å². The standard InChI is InChI=1S/C11H21BO4/c13-6-11(7-14)8-15-12(16-9-11)10-4-2-1-3-5-10/h10,13-14H,1-9H2. The van der Waals surface area contributed by atoms with E-state index in [1.54, 1.807) is 0 Å². The van der Waals surface area contributed by atoms with Crippen LogP contribution in [0.4, 0.5) is 0 Å². The Balaban J connectivity index is 1.84. The Hall–Kier alpha value is -0.0951. The molecule has 1 saturated heterocycles. The molecule has 92 valence electrons. The zero-order chi connectivity index (χ0) is 11.4. The van der Waals surface area contributed by atoms with Gasteiger partial charge in [-0.25, -0.2) is 0 Å². The van der Waals surface area contributed by atoms with Crippen LogP contribution in [0.15, 0.2) is 0 Å². The van der Waals surface area contributed by atoms with Crippen LogP contribution in [0.25, 0.3) is 0 Å². The SMILES string of the molecule is OCC1(CO)COB(C2CCCCC2)OC1. The second-order valence-electron chi connectivity index (χ2n) is 5.20. The van der Waals surface area contributed by atoms with Crippen LogP contribution in [0, 0.1) is 5.41 Å². The molecule has 0 atom stereocenters. The first-order chi connectivity index (χ1) is 7.79. The van der Waals surface area contributed by atoms with E-state index in [1.807, 2.05) is 0 Å². The van der Waals surface area contributed by atoms with Gasteiger partial charge < -0.3 is 19.5 Å². The Kier molecular flexibility index (Phi) is 4.24. The molecule has 2 aliphatic rings. The number of hydrogen-bond donors (Lipinski definition) is 2. The zero-order valence-corrected chi connectivity index (χ0v) is 9.73. The van der Waals surface area contributed by atoms with E-state index < -0.39 is 5.41 Å². The first kappa shape index (κ1) is 12.4. The van der Waals surface area contributed by atoms with Gasteiger partial charge in [0, 0.05) is 13.2 Å². The molecule has 2 fully saturated rings. The van der Waals surface area contributed by atoms with Gasteiger partial charge in [0.1, 0.15) is 0 Å². The minimum absolute atomic E-state index is 0.0825. The predicted octanol–water partition coefficient (Wildman–Crippen LogP) is 0.827. The van der Waals surface area contributed by atoms with E-state index in [9.17, 15) is 10.2 Å². The molecule has 0 aromatic rings. The fourth-order valence-electron chi connectivity index (χ4n) is 2.52. The van der Waals surface area contributed by atoms with Gasteiger partial charge in [-0.1, -0.05) is 32.1 Å². The monoisotopic (exact) mass is 228 g/mol. The molecule has 2 N–H and O–H groups in total. The fraction of sp³-hybridized carbons (Fsp3) is 1.00. The highest BCUT2D eigenvalue weighted by molar-refractivity contribution is 6.46. The lowest BCUT2D eigenvalue weighted by atomic mass is 9.63. The van der Waals surface area contributed by atoms with E-state index in [4.69, 9.17) is 9.31 Å². The molecule has 0 unspecified atom stereocenters. The minimum atomic E-state index is -0.592. The Labute approximate surface area is 97.1 Å². The first-order valence-electron chi connectivity index (χ1n) is 6.25. The largest absolute Gasteiger partial charge is 0.460 e. The van der Waals surface area contributed by atoms with Crippen molar-refractivity contribution in [2.75, 3.05) is 26.4 Å². The summed E-state index contributed by atoms with van der Waals surface area (Å²) < 4.78 is 11.3. The lowest BCUT2D eigenvalue weighted by Crippen LogP contribution is -2.50. The van der Waals surface area contributed by atoms with Crippen LogP contribution in [0.5, 0.6) is 0 Å². The Bertz CT molecular complexity index is 204. The number of hydrogen-bond acceptors (Lipinski definition) is 4. The molecule has 1 aliphatic carbocycles. The van der Waals surface area contributed by atoms with Gasteiger partial charge in [0.2, 0.25) is 0 Å². The third-order valence-corrected chi connectivity index (χ3v) is 3.81. The summed E-state index contributed by atoms with van der Waals surface area (Å²) in [6, 6.07) is 0. The molecular formula is C11H21BO4. The van der Waals surface area contributed by atoms with Gasteiger partial charge in [-0.15, -0.1) is 0 Å². The molecule has 1 aliphatic heterocycles. The predicted molar refractivity (Wildman–Crippen MR) is 61.1 cm³/mol.